The smallest absolute Gasteiger partial charge is 0.355 e. The molecule has 1 atom stereocenters. The van der Waals surface area contributed by atoms with Crippen LogP contribution < -0.4 is 10.6 Å². The van der Waals surface area contributed by atoms with Crippen LogP contribution in [-0.4, -0.2) is 53.8 Å². The number of halogens is 4. The van der Waals surface area contributed by atoms with Crippen molar-refractivity contribution >= 4 is 29.1 Å². The number of hydrogen-bond donors (Lipinski definition) is 2. The number of pyridine rings is 1. The molecule has 3 heterocycles. The van der Waals surface area contributed by atoms with Gasteiger partial charge in [-0.2, -0.15) is 23.5 Å². The number of nitrogens with zero attached hydrogens (tertiary/aromatic N) is 8. The minimum absolute atomic E-state index is 0.0113. The fourth-order valence-electron chi connectivity index (χ4n) is 3.74. The number of alkyl halides is 3. The van der Waals surface area contributed by atoms with Crippen molar-refractivity contribution in [2.45, 2.75) is 26.1 Å². The van der Waals surface area contributed by atoms with Gasteiger partial charge in [-0.25, -0.2) is 14.3 Å². The average Bonchev–Trinajstić information content (AvgIpc) is 3.57. The summed E-state index contributed by atoms with van der Waals surface area (Å²) in [6, 6.07) is 7.87. The molecular weight excluding hydrogens is 541 g/mol. The molecule has 16 heteroatoms. The first-order chi connectivity index (χ1) is 18.5. The fraction of sp³-hybridized carbons (Fsp3) is 0.217. The van der Waals surface area contributed by atoms with Gasteiger partial charge in [0.05, 0.1) is 39.6 Å². The Morgan fingerprint density at radius 1 is 1.21 bits per heavy atom. The lowest BCUT2D eigenvalue weighted by atomic mass is 10.0. The molecule has 0 saturated heterocycles. The maximum absolute atomic E-state index is 13.6. The van der Waals surface area contributed by atoms with E-state index in [-0.39, 0.29) is 39.0 Å². The highest BCUT2D eigenvalue weighted by Gasteiger charge is 2.40. The lowest BCUT2D eigenvalue weighted by Gasteiger charge is -2.14. The van der Waals surface area contributed by atoms with Gasteiger partial charge in [-0.05, 0) is 60.2 Å². The molecule has 4 aromatic rings. The number of carbonyl (C=O) groups excluding carboxylic acids is 2. The zero-order valence-electron chi connectivity index (χ0n) is 20.4. The largest absolute Gasteiger partial charge is 0.453 e. The summed E-state index contributed by atoms with van der Waals surface area (Å²) in [6.07, 6.45) is -3.45. The van der Waals surface area contributed by atoms with Crippen molar-refractivity contribution in [1.82, 2.24) is 40.3 Å². The molecule has 1 aromatic carbocycles. The van der Waals surface area contributed by atoms with Crippen molar-refractivity contribution in [3.05, 3.63) is 75.5 Å². The maximum atomic E-state index is 13.6. The first kappa shape index (κ1) is 27.2. The molecule has 1 unspecified atom stereocenters. The van der Waals surface area contributed by atoms with E-state index in [0.29, 0.717) is 10.2 Å². The summed E-state index contributed by atoms with van der Waals surface area (Å²) in [4.78, 5) is 30.2. The molecule has 0 radical (unpaired) electrons. The van der Waals surface area contributed by atoms with Crippen LogP contribution in [0.5, 0.6) is 0 Å². The number of benzene rings is 1. The van der Waals surface area contributed by atoms with Gasteiger partial charge >= 0.3 is 6.18 Å². The molecule has 2 amide bonds. The number of rotatable bonds is 6. The van der Waals surface area contributed by atoms with E-state index in [4.69, 9.17) is 11.6 Å². The summed E-state index contributed by atoms with van der Waals surface area (Å²) in [6.45, 7) is 2.97. The molecule has 0 aliphatic heterocycles. The van der Waals surface area contributed by atoms with Crippen LogP contribution >= 0.6 is 11.6 Å². The van der Waals surface area contributed by atoms with Crippen LogP contribution in [-0.2, 0) is 6.18 Å². The summed E-state index contributed by atoms with van der Waals surface area (Å²) in [5.74, 6) is -2.67. The number of nitriles is 1. The van der Waals surface area contributed by atoms with Crippen molar-refractivity contribution in [1.29, 1.82) is 5.26 Å². The van der Waals surface area contributed by atoms with Crippen LogP contribution in [0.4, 0.5) is 18.9 Å². The number of amides is 2. The zero-order chi connectivity index (χ0) is 28.5. The Morgan fingerprint density at radius 2 is 1.95 bits per heavy atom. The third kappa shape index (κ3) is 5.27. The average molecular weight is 559 g/mol. The molecule has 0 bridgehead atoms. The molecule has 12 nitrogen and oxygen atoms in total. The summed E-state index contributed by atoms with van der Waals surface area (Å²) >= 11 is 6.29. The van der Waals surface area contributed by atoms with Gasteiger partial charge in [0.2, 0.25) is 0 Å². The van der Waals surface area contributed by atoms with E-state index in [1.54, 1.807) is 13.0 Å². The summed E-state index contributed by atoms with van der Waals surface area (Å²) in [7, 11) is 1.39. The Morgan fingerprint density at radius 3 is 2.59 bits per heavy atom. The van der Waals surface area contributed by atoms with Gasteiger partial charge in [-0.3, -0.25) is 9.59 Å². The van der Waals surface area contributed by atoms with Crippen molar-refractivity contribution in [2.24, 2.45) is 0 Å². The monoisotopic (exact) mass is 558 g/mol. The summed E-state index contributed by atoms with van der Waals surface area (Å²) < 4.78 is 41.9. The van der Waals surface area contributed by atoms with Gasteiger partial charge in [-0.1, -0.05) is 11.6 Å². The minimum atomic E-state index is -4.84. The first-order valence-electron chi connectivity index (χ1n) is 11.1. The maximum Gasteiger partial charge on any atom is 0.453 e. The van der Waals surface area contributed by atoms with Gasteiger partial charge in [0.25, 0.3) is 17.6 Å². The highest BCUT2D eigenvalue weighted by Crippen LogP contribution is 2.31. The fourth-order valence-corrected chi connectivity index (χ4v) is 3.94. The predicted octanol–water partition coefficient (Wildman–Crippen LogP) is 3.33. The van der Waals surface area contributed by atoms with E-state index < -0.39 is 29.9 Å². The van der Waals surface area contributed by atoms with E-state index >= 15 is 0 Å². The van der Waals surface area contributed by atoms with Crippen LogP contribution in [0, 0.1) is 18.3 Å². The lowest BCUT2D eigenvalue weighted by Crippen LogP contribution is -2.24. The third-order valence-corrected chi connectivity index (χ3v) is 5.91. The number of anilines is 1. The van der Waals surface area contributed by atoms with Crippen LogP contribution in [0.1, 0.15) is 56.5 Å². The van der Waals surface area contributed by atoms with E-state index in [9.17, 15) is 28.0 Å². The van der Waals surface area contributed by atoms with E-state index in [2.05, 4.69) is 36.2 Å². The molecule has 2 N–H and O–H groups in total. The number of tetrazole rings is 1. The van der Waals surface area contributed by atoms with E-state index in [1.807, 2.05) is 6.07 Å². The summed E-state index contributed by atoms with van der Waals surface area (Å²) in [5.41, 5.74) is 0.593. The third-order valence-electron chi connectivity index (χ3n) is 5.62. The van der Waals surface area contributed by atoms with Crippen molar-refractivity contribution in [3.8, 4) is 11.9 Å². The number of aromatic nitrogens is 7. The molecule has 3 aromatic heterocycles. The first-order valence-corrected chi connectivity index (χ1v) is 11.5. The molecule has 0 spiro atoms. The summed E-state index contributed by atoms with van der Waals surface area (Å²) in [5, 5.41) is 28.4. The Kier molecular flexibility index (Phi) is 7.32. The quantitative estimate of drug-likeness (QED) is 0.365. The Bertz CT molecular complexity index is 1620. The predicted molar refractivity (Wildman–Crippen MR) is 130 cm³/mol. The van der Waals surface area contributed by atoms with Gasteiger partial charge in [0.15, 0.2) is 5.82 Å². The Balaban J connectivity index is 1.83. The number of nitrogens with one attached hydrogen (secondary N) is 2. The number of carbonyl (C=O) groups is 2. The standard InChI is InChI=1S/C23H18ClF3N10O2/c1-11-7-13(10-28)8-14(20(38)29-3)18(11)31-21(39)17-9-16(33-37(17)19-15(24)5-4-6-30-19)12(2)36-22(23(25,26)27)32-34-35-36/h4-9,12H,1-3H3,(H,29,38)(H,31,39). The van der Waals surface area contributed by atoms with E-state index in [1.165, 1.54) is 44.4 Å². The SMILES string of the molecule is CNC(=O)c1cc(C#N)cc(C)c1NC(=O)c1cc(C(C)n2nnnc2C(F)(F)F)nn1-c1ncccc1Cl. The van der Waals surface area contributed by atoms with Gasteiger partial charge in [0.1, 0.15) is 5.69 Å². The Hall–Kier alpha value is -4.84. The van der Waals surface area contributed by atoms with Crippen LogP contribution in [0.3, 0.4) is 0 Å². The zero-order valence-corrected chi connectivity index (χ0v) is 21.2. The molecule has 0 saturated carbocycles. The normalized spacial score (nSPS) is 12.1. The highest BCUT2D eigenvalue weighted by molar-refractivity contribution is 6.32. The van der Waals surface area contributed by atoms with Crippen molar-refractivity contribution in [3.63, 3.8) is 0 Å². The van der Waals surface area contributed by atoms with Gasteiger partial charge in [0, 0.05) is 13.2 Å². The second-order valence-electron chi connectivity index (χ2n) is 8.16. The number of aryl methyl sites for hydroxylation is 1. The second-order valence-corrected chi connectivity index (χ2v) is 8.56. The highest BCUT2D eigenvalue weighted by atomic mass is 35.5. The van der Waals surface area contributed by atoms with Crippen molar-refractivity contribution in [2.75, 3.05) is 12.4 Å². The second kappa shape index (κ2) is 10.5. The van der Waals surface area contributed by atoms with Gasteiger partial charge in [-0.15, -0.1) is 5.10 Å². The topological polar surface area (TPSA) is 156 Å². The minimum Gasteiger partial charge on any atom is -0.355 e. The number of hydrogen-bond acceptors (Lipinski definition) is 8. The Labute approximate surface area is 223 Å². The molecular formula is C23H18ClF3N10O2. The molecule has 39 heavy (non-hydrogen) atoms. The van der Waals surface area contributed by atoms with Gasteiger partial charge < -0.3 is 10.6 Å². The van der Waals surface area contributed by atoms with Crippen LogP contribution in [0.2, 0.25) is 5.02 Å². The lowest BCUT2D eigenvalue weighted by molar-refractivity contribution is -0.148. The van der Waals surface area contributed by atoms with Crippen molar-refractivity contribution < 1.29 is 22.8 Å². The molecule has 0 fully saturated rings. The molecule has 4 rings (SSSR count). The molecule has 0 aliphatic rings. The molecule has 0 aliphatic carbocycles. The molecule has 200 valence electrons. The van der Waals surface area contributed by atoms with Crippen LogP contribution in [0.15, 0.2) is 36.5 Å². The van der Waals surface area contributed by atoms with E-state index in [0.717, 1.165) is 4.68 Å². The van der Waals surface area contributed by atoms with Crippen LogP contribution in [0.25, 0.3) is 5.82 Å².